The number of hydrogen-bond donors (Lipinski definition) is 2. The van der Waals surface area contributed by atoms with E-state index in [9.17, 15) is 9.59 Å². The van der Waals surface area contributed by atoms with Crippen molar-refractivity contribution in [2.45, 2.75) is 25.5 Å². The molecule has 2 N–H and O–H groups in total. The summed E-state index contributed by atoms with van der Waals surface area (Å²) < 4.78 is 5.22. The number of rotatable bonds is 5. The standard InChI is InChI=1S/C20H21N3O3S/c1-12-7-6-8-13(2)18(12)22-20-23-19(25)16(27-20)11-17(24)21-14-9-4-5-10-15(14)26-3/h4-10,16H,11H2,1-3H3,(H,21,24)(H,22,23,25)/t16-/m0/s1. The van der Waals surface area contributed by atoms with Gasteiger partial charge in [0.2, 0.25) is 11.8 Å². The minimum Gasteiger partial charge on any atom is -0.495 e. The van der Waals surface area contributed by atoms with Crippen molar-refractivity contribution in [1.29, 1.82) is 0 Å². The molecule has 0 radical (unpaired) electrons. The van der Waals surface area contributed by atoms with Gasteiger partial charge in [0.05, 0.1) is 18.5 Å². The van der Waals surface area contributed by atoms with E-state index >= 15 is 0 Å². The molecule has 1 saturated heterocycles. The van der Waals surface area contributed by atoms with Crippen LogP contribution in [0.1, 0.15) is 17.5 Å². The Balaban J connectivity index is 1.67. The molecule has 0 bridgehead atoms. The second-order valence-corrected chi connectivity index (χ2v) is 7.40. The van der Waals surface area contributed by atoms with Gasteiger partial charge in [0.25, 0.3) is 0 Å². The smallest absolute Gasteiger partial charge is 0.240 e. The summed E-state index contributed by atoms with van der Waals surface area (Å²) in [5.41, 5.74) is 3.50. The van der Waals surface area contributed by atoms with Crippen molar-refractivity contribution < 1.29 is 14.3 Å². The Hall–Kier alpha value is -2.80. The fourth-order valence-corrected chi connectivity index (χ4v) is 3.77. The number of thioether (sulfide) groups is 1. The van der Waals surface area contributed by atoms with E-state index in [0.29, 0.717) is 16.6 Å². The summed E-state index contributed by atoms with van der Waals surface area (Å²) >= 11 is 1.28. The Bertz CT molecular complexity index is 891. The number of ether oxygens (including phenoxy) is 1. The third kappa shape index (κ3) is 4.49. The fraction of sp³-hybridized carbons (Fsp3) is 0.250. The monoisotopic (exact) mass is 383 g/mol. The maximum Gasteiger partial charge on any atom is 0.240 e. The highest BCUT2D eigenvalue weighted by Gasteiger charge is 2.32. The first-order chi connectivity index (χ1) is 13.0. The number of amidine groups is 1. The summed E-state index contributed by atoms with van der Waals surface area (Å²) in [7, 11) is 1.54. The minimum absolute atomic E-state index is 0.0559. The minimum atomic E-state index is -0.511. The van der Waals surface area contributed by atoms with Gasteiger partial charge in [-0.05, 0) is 37.1 Å². The van der Waals surface area contributed by atoms with Crippen molar-refractivity contribution in [2.24, 2.45) is 4.99 Å². The number of carbonyl (C=O) groups excluding carboxylic acids is 2. The van der Waals surface area contributed by atoms with Crippen molar-refractivity contribution >= 4 is 40.1 Å². The van der Waals surface area contributed by atoms with E-state index in [1.54, 1.807) is 19.2 Å². The SMILES string of the molecule is COc1ccccc1NC(=O)C[C@@H]1SC(=Nc2c(C)cccc2C)NC1=O. The molecule has 0 aliphatic carbocycles. The topological polar surface area (TPSA) is 79.8 Å². The number of aryl methyl sites for hydroxylation is 2. The predicted molar refractivity (Wildman–Crippen MR) is 109 cm³/mol. The molecule has 6 nitrogen and oxygen atoms in total. The van der Waals surface area contributed by atoms with Crippen LogP contribution in [0.2, 0.25) is 0 Å². The number of aliphatic imine (C=N–C) groups is 1. The van der Waals surface area contributed by atoms with E-state index in [1.807, 2.05) is 44.2 Å². The Morgan fingerprint density at radius 3 is 2.59 bits per heavy atom. The van der Waals surface area contributed by atoms with Gasteiger partial charge in [0.1, 0.15) is 11.0 Å². The van der Waals surface area contributed by atoms with E-state index in [-0.39, 0.29) is 18.2 Å². The molecular weight excluding hydrogens is 362 g/mol. The molecule has 2 amide bonds. The van der Waals surface area contributed by atoms with Crippen LogP contribution in [0, 0.1) is 13.8 Å². The number of benzene rings is 2. The van der Waals surface area contributed by atoms with Crippen molar-refractivity contribution in [1.82, 2.24) is 5.32 Å². The van der Waals surface area contributed by atoms with Crippen LogP contribution in [0.4, 0.5) is 11.4 Å². The molecule has 0 spiro atoms. The fourth-order valence-electron chi connectivity index (χ4n) is 2.79. The van der Waals surface area contributed by atoms with Gasteiger partial charge >= 0.3 is 0 Å². The molecule has 7 heteroatoms. The number of methoxy groups -OCH3 is 1. The third-order valence-electron chi connectivity index (χ3n) is 4.18. The van der Waals surface area contributed by atoms with E-state index in [0.717, 1.165) is 16.8 Å². The average molecular weight is 383 g/mol. The highest BCUT2D eigenvalue weighted by molar-refractivity contribution is 8.15. The molecule has 0 unspecified atom stereocenters. The summed E-state index contributed by atoms with van der Waals surface area (Å²) in [4.78, 5) is 29.2. The Kier molecular flexibility index (Phi) is 5.81. The van der Waals surface area contributed by atoms with Crippen molar-refractivity contribution in [3.8, 4) is 5.75 Å². The van der Waals surface area contributed by atoms with Gasteiger partial charge in [-0.15, -0.1) is 0 Å². The maximum atomic E-state index is 12.4. The lowest BCUT2D eigenvalue weighted by atomic mass is 10.1. The Morgan fingerprint density at radius 2 is 1.89 bits per heavy atom. The summed E-state index contributed by atoms with van der Waals surface area (Å²) in [6.07, 6.45) is 0.0559. The van der Waals surface area contributed by atoms with Crippen LogP contribution in [-0.2, 0) is 9.59 Å². The van der Waals surface area contributed by atoms with Gasteiger partial charge in [-0.25, -0.2) is 4.99 Å². The molecular formula is C20H21N3O3S. The van der Waals surface area contributed by atoms with E-state index in [2.05, 4.69) is 15.6 Å². The number of anilines is 1. The largest absolute Gasteiger partial charge is 0.495 e. The van der Waals surface area contributed by atoms with Crippen molar-refractivity contribution in [3.63, 3.8) is 0 Å². The highest BCUT2D eigenvalue weighted by Crippen LogP contribution is 2.29. The zero-order valence-corrected chi connectivity index (χ0v) is 16.2. The number of hydrogen-bond acceptors (Lipinski definition) is 5. The molecule has 27 heavy (non-hydrogen) atoms. The van der Waals surface area contributed by atoms with Gasteiger partial charge in [0.15, 0.2) is 5.17 Å². The van der Waals surface area contributed by atoms with Crippen molar-refractivity contribution in [3.05, 3.63) is 53.6 Å². The van der Waals surface area contributed by atoms with Crippen molar-refractivity contribution in [2.75, 3.05) is 12.4 Å². The summed E-state index contributed by atoms with van der Waals surface area (Å²) in [5, 5.41) is 5.57. The molecule has 140 valence electrons. The summed E-state index contributed by atoms with van der Waals surface area (Å²) in [5.74, 6) is 0.118. The second-order valence-electron chi connectivity index (χ2n) is 6.21. The average Bonchev–Trinajstić information content (AvgIpc) is 2.98. The van der Waals surface area contributed by atoms with Crippen LogP contribution in [-0.4, -0.2) is 29.3 Å². The van der Waals surface area contributed by atoms with Crippen LogP contribution >= 0.6 is 11.8 Å². The van der Waals surface area contributed by atoms with Crippen LogP contribution in [0.25, 0.3) is 0 Å². The molecule has 1 heterocycles. The highest BCUT2D eigenvalue weighted by atomic mass is 32.2. The first kappa shape index (κ1) is 19.0. The quantitative estimate of drug-likeness (QED) is 0.827. The zero-order valence-electron chi connectivity index (χ0n) is 15.4. The molecule has 0 aromatic heterocycles. The maximum absolute atomic E-state index is 12.4. The van der Waals surface area contributed by atoms with Crippen LogP contribution in [0.15, 0.2) is 47.5 Å². The summed E-state index contributed by atoms with van der Waals surface area (Å²) in [6.45, 7) is 3.96. The predicted octanol–water partition coefficient (Wildman–Crippen LogP) is 3.56. The third-order valence-corrected chi connectivity index (χ3v) is 5.26. The Morgan fingerprint density at radius 1 is 1.19 bits per heavy atom. The number of amides is 2. The van der Waals surface area contributed by atoms with Crippen LogP contribution in [0.3, 0.4) is 0 Å². The van der Waals surface area contributed by atoms with Crippen LogP contribution < -0.4 is 15.4 Å². The first-order valence-corrected chi connectivity index (χ1v) is 9.41. The second kappa shape index (κ2) is 8.26. The van der Waals surface area contributed by atoms with Crippen LogP contribution in [0.5, 0.6) is 5.75 Å². The van der Waals surface area contributed by atoms with Gasteiger partial charge in [0, 0.05) is 6.42 Å². The first-order valence-electron chi connectivity index (χ1n) is 8.53. The van der Waals surface area contributed by atoms with E-state index in [1.165, 1.54) is 11.8 Å². The number of para-hydroxylation sites is 3. The van der Waals surface area contributed by atoms with Gasteiger partial charge in [-0.2, -0.15) is 0 Å². The van der Waals surface area contributed by atoms with Gasteiger partial charge in [-0.1, -0.05) is 42.1 Å². The van der Waals surface area contributed by atoms with E-state index < -0.39 is 5.25 Å². The number of nitrogens with zero attached hydrogens (tertiary/aromatic N) is 1. The van der Waals surface area contributed by atoms with E-state index in [4.69, 9.17) is 4.74 Å². The molecule has 1 aliphatic heterocycles. The number of carbonyl (C=O) groups is 2. The molecule has 3 rings (SSSR count). The molecule has 2 aromatic rings. The van der Waals surface area contributed by atoms with Gasteiger partial charge < -0.3 is 15.4 Å². The molecule has 1 aliphatic rings. The Labute approximate surface area is 162 Å². The molecule has 1 fully saturated rings. The molecule has 0 saturated carbocycles. The lowest BCUT2D eigenvalue weighted by Crippen LogP contribution is -2.28. The zero-order chi connectivity index (χ0) is 19.4. The van der Waals surface area contributed by atoms with Gasteiger partial charge in [-0.3, -0.25) is 9.59 Å². The lowest BCUT2D eigenvalue weighted by Gasteiger charge is -2.10. The molecule has 1 atom stereocenters. The molecule has 2 aromatic carbocycles. The lowest BCUT2D eigenvalue weighted by molar-refractivity contribution is -0.122. The summed E-state index contributed by atoms with van der Waals surface area (Å²) in [6, 6.07) is 13.1. The number of nitrogens with one attached hydrogen (secondary N) is 2. The normalized spacial score (nSPS) is 17.7.